The van der Waals surface area contributed by atoms with Crippen molar-refractivity contribution in [3.63, 3.8) is 0 Å². The second-order valence-electron chi connectivity index (χ2n) is 4.29. The molecule has 0 aliphatic rings. The van der Waals surface area contributed by atoms with Gasteiger partial charge >= 0.3 is 0 Å². The summed E-state index contributed by atoms with van der Waals surface area (Å²) in [6.07, 6.45) is 0. The zero-order valence-electron chi connectivity index (χ0n) is 8.80. The summed E-state index contributed by atoms with van der Waals surface area (Å²) < 4.78 is 0.879. The Morgan fingerprint density at radius 3 is 2.60 bits per heavy atom. The number of hydrogen-bond acceptors (Lipinski definition) is 2. The molecular formula is C11H15BrClNO. The van der Waals surface area contributed by atoms with E-state index < -0.39 is 0 Å². The van der Waals surface area contributed by atoms with E-state index >= 15 is 0 Å². The van der Waals surface area contributed by atoms with Crippen molar-refractivity contribution >= 4 is 27.5 Å². The number of benzene rings is 1. The Kier molecular flexibility index (Phi) is 4.18. The lowest BCUT2D eigenvalue weighted by Crippen LogP contribution is -2.32. The Morgan fingerprint density at radius 2 is 2.13 bits per heavy atom. The average Bonchev–Trinajstić information content (AvgIpc) is 2.17. The Labute approximate surface area is 104 Å². The van der Waals surface area contributed by atoms with E-state index in [1.807, 2.05) is 26.0 Å². The average molecular weight is 293 g/mol. The van der Waals surface area contributed by atoms with Gasteiger partial charge in [0.25, 0.3) is 0 Å². The van der Waals surface area contributed by atoms with E-state index in [0.717, 1.165) is 10.0 Å². The molecule has 0 spiro atoms. The highest BCUT2D eigenvalue weighted by Gasteiger charge is 2.28. The third kappa shape index (κ3) is 2.94. The predicted molar refractivity (Wildman–Crippen MR) is 66.9 cm³/mol. The van der Waals surface area contributed by atoms with Crippen LogP contribution >= 0.6 is 27.5 Å². The van der Waals surface area contributed by atoms with Crippen molar-refractivity contribution < 1.29 is 5.11 Å². The van der Waals surface area contributed by atoms with Crippen molar-refractivity contribution in [1.29, 1.82) is 0 Å². The first-order valence-corrected chi connectivity index (χ1v) is 5.87. The van der Waals surface area contributed by atoms with Crippen LogP contribution in [-0.2, 0) is 0 Å². The molecule has 0 unspecified atom stereocenters. The van der Waals surface area contributed by atoms with Gasteiger partial charge < -0.3 is 10.8 Å². The van der Waals surface area contributed by atoms with Crippen LogP contribution in [0.2, 0.25) is 5.02 Å². The molecule has 0 aromatic heterocycles. The van der Waals surface area contributed by atoms with E-state index in [-0.39, 0.29) is 18.1 Å². The minimum Gasteiger partial charge on any atom is -0.396 e. The van der Waals surface area contributed by atoms with Crippen LogP contribution in [0.15, 0.2) is 22.7 Å². The highest BCUT2D eigenvalue weighted by atomic mass is 79.9. The number of halogens is 2. The number of rotatable bonds is 3. The van der Waals surface area contributed by atoms with Crippen molar-refractivity contribution in [3.8, 4) is 0 Å². The summed E-state index contributed by atoms with van der Waals surface area (Å²) in [7, 11) is 0. The molecule has 1 aromatic rings. The monoisotopic (exact) mass is 291 g/mol. The Bertz CT molecular complexity index is 354. The van der Waals surface area contributed by atoms with E-state index in [1.165, 1.54) is 0 Å². The van der Waals surface area contributed by atoms with Gasteiger partial charge in [-0.25, -0.2) is 0 Å². The molecule has 0 saturated heterocycles. The summed E-state index contributed by atoms with van der Waals surface area (Å²) in [6.45, 7) is 3.90. The van der Waals surface area contributed by atoms with Gasteiger partial charge in [-0.05, 0) is 17.7 Å². The topological polar surface area (TPSA) is 46.2 Å². The molecule has 2 nitrogen and oxygen atoms in total. The van der Waals surface area contributed by atoms with Gasteiger partial charge in [0.05, 0.1) is 0 Å². The van der Waals surface area contributed by atoms with Crippen LogP contribution in [0.25, 0.3) is 0 Å². The predicted octanol–water partition coefficient (Wildman–Crippen LogP) is 3.12. The fourth-order valence-electron chi connectivity index (χ4n) is 1.27. The summed E-state index contributed by atoms with van der Waals surface area (Å²) in [6, 6.07) is 5.27. The molecule has 1 aromatic carbocycles. The Morgan fingerprint density at radius 1 is 1.53 bits per heavy atom. The van der Waals surface area contributed by atoms with E-state index in [9.17, 15) is 5.11 Å². The second-order valence-corrected chi connectivity index (χ2v) is 5.58. The maximum Gasteiger partial charge on any atom is 0.0500 e. The maximum atomic E-state index is 9.25. The minimum absolute atomic E-state index is 0.0449. The van der Waals surface area contributed by atoms with Crippen molar-refractivity contribution in [3.05, 3.63) is 33.3 Å². The van der Waals surface area contributed by atoms with Crippen LogP contribution in [0, 0.1) is 5.41 Å². The van der Waals surface area contributed by atoms with Crippen molar-refractivity contribution in [2.75, 3.05) is 6.61 Å². The smallest absolute Gasteiger partial charge is 0.0500 e. The van der Waals surface area contributed by atoms with Crippen LogP contribution in [0.3, 0.4) is 0 Å². The number of aliphatic hydroxyl groups excluding tert-OH is 1. The molecule has 3 N–H and O–H groups in total. The molecule has 0 amide bonds. The third-order valence-electron chi connectivity index (χ3n) is 2.55. The number of hydrogen-bond donors (Lipinski definition) is 2. The van der Waals surface area contributed by atoms with Gasteiger partial charge in [-0.2, -0.15) is 0 Å². The van der Waals surface area contributed by atoms with E-state index in [4.69, 9.17) is 17.3 Å². The summed E-state index contributed by atoms with van der Waals surface area (Å²) in [4.78, 5) is 0. The molecule has 0 fully saturated rings. The SMILES string of the molecule is CC(C)(CO)[C@H](N)c1ccc(Cl)cc1Br. The fourth-order valence-corrected chi connectivity index (χ4v) is 2.20. The summed E-state index contributed by atoms with van der Waals surface area (Å²) >= 11 is 9.27. The van der Waals surface area contributed by atoms with Crippen LogP contribution < -0.4 is 5.73 Å². The lowest BCUT2D eigenvalue weighted by molar-refractivity contribution is 0.132. The molecule has 1 atom stereocenters. The number of aliphatic hydroxyl groups is 1. The fraction of sp³-hybridized carbons (Fsp3) is 0.455. The van der Waals surface area contributed by atoms with Crippen LogP contribution in [0.4, 0.5) is 0 Å². The molecule has 0 saturated carbocycles. The first-order valence-electron chi connectivity index (χ1n) is 4.70. The molecule has 0 bridgehead atoms. The zero-order valence-corrected chi connectivity index (χ0v) is 11.1. The molecular weight excluding hydrogens is 277 g/mol. The van der Waals surface area contributed by atoms with Crippen LogP contribution in [0.5, 0.6) is 0 Å². The number of nitrogens with two attached hydrogens (primary N) is 1. The van der Waals surface area contributed by atoms with Gasteiger partial charge in [-0.15, -0.1) is 0 Å². The quantitative estimate of drug-likeness (QED) is 0.899. The van der Waals surface area contributed by atoms with Gasteiger partial charge in [0.2, 0.25) is 0 Å². The van der Waals surface area contributed by atoms with Gasteiger partial charge in [-0.3, -0.25) is 0 Å². The zero-order chi connectivity index (χ0) is 11.6. The second kappa shape index (κ2) is 4.83. The van der Waals surface area contributed by atoms with E-state index in [2.05, 4.69) is 15.9 Å². The first-order chi connectivity index (χ1) is 6.88. The lowest BCUT2D eigenvalue weighted by atomic mass is 9.82. The summed E-state index contributed by atoms with van der Waals surface area (Å²) in [5, 5.41) is 9.92. The van der Waals surface area contributed by atoms with Gasteiger partial charge in [0, 0.05) is 27.6 Å². The highest BCUT2D eigenvalue weighted by Crippen LogP contribution is 2.35. The molecule has 0 aliphatic heterocycles. The van der Waals surface area contributed by atoms with Crippen molar-refractivity contribution in [2.24, 2.45) is 11.1 Å². The van der Waals surface area contributed by atoms with E-state index in [0.29, 0.717) is 5.02 Å². The minimum atomic E-state index is -0.351. The first kappa shape index (κ1) is 13.0. The summed E-state index contributed by atoms with van der Waals surface area (Å²) in [5.74, 6) is 0. The maximum absolute atomic E-state index is 9.25. The normalized spacial score (nSPS) is 14.0. The Hall–Kier alpha value is -0.0900. The van der Waals surface area contributed by atoms with Crippen molar-refractivity contribution in [1.82, 2.24) is 0 Å². The molecule has 84 valence electrons. The molecule has 0 aliphatic carbocycles. The third-order valence-corrected chi connectivity index (χ3v) is 3.47. The standard InChI is InChI=1S/C11H15BrClNO/c1-11(2,6-15)10(14)8-4-3-7(13)5-9(8)12/h3-5,10,15H,6,14H2,1-2H3/t10-/m1/s1. The molecule has 1 rings (SSSR count). The van der Waals surface area contributed by atoms with Gasteiger partial charge in [0.1, 0.15) is 0 Å². The van der Waals surface area contributed by atoms with E-state index in [1.54, 1.807) is 6.07 Å². The van der Waals surface area contributed by atoms with Gasteiger partial charge in [0.15, 0.2) is 0 Å². The van der Waals surface area contributed by atoms with Crippen LogP contribution in [0.1, 0.15) is 25.5 Å². The van der Waals surface area contributed by atoms with Crippen molar-refractivity contribution in [2.45, 2.75) is 19.9 Å². The lowest BCUT2D eigenvalue weighted by Gasteiger charge is -2.30. The molecule has 0 heterocycles. The molecule has 0 radical (unpaired) electrons. The van der Waals surface area contributed by atoms with Gasteiger partial charge in [-0.1, -0.05) is 47.4 Å². The Balaban J connectivity index is 3.06. The highest BCUT2D eigenvalue weighted by molar-refractivity contribution is 9.10. The molecule has 4 heteroatoms. The molecule has 15 heavy (non-hydrogen) atoms. The van der Waals surface area contributed by atoms with Crippen LogP contribution in [-0.4, -0.2) is 11.7 Å². The summed E-state index contributed by atoms with van der Waals surface area (Å²) in [5.41, 5.74) is 6.71. The largest absolute Gasteiger partial charge is 0.396 e.